The second-order valence-electron chi connectivity index (χ2n) is 8.42. The van der Waals surface area contributed by atoms with Gasteiger partial charge in [0.25, 0.3) is 11.5 Å². The van der Waals surface area contributed by atoms with Crippen LogP contribution in [0, 0.1) is 0 Å². The highest BCUT2D eigenvalue weighted by atomic mass is 16.5. The molecule has 0 saturated carbocycles. The molecule has 0 saturated heterocycles. The molecule has 7 nitrogen and oxygen atoms in total. The van der Waals surface area contributed by atoms with E-state index in [4.69, 9.17) is 14.5 Å². The number of carbonyl (C=O) groups is 1. The summed E-state index contributed by atoms with van der Waals surface area (Å²) in [4.78, 5) is 33.6. The third-order valence-electron chi connectivity index (χ3n) is 5.94. The van der Waals surface area contributed by atoms with E-state index in [1.807, 2.05) is 93.6 Å². The van der Waals surface area contributed by atoms with Gasteiger partial charge in [0.05, 0.1) is 29.2 Å². The maximum absolute atomic E-state index is 13.7. The summed E-state index contributed by atoms with van der Waals surface area (Å²) < 4.78 is 12.9. The van der Waals surface area contributed by atoms with Gasteiger partial charge in [-0.1, -0.05) is 37.3 Å². The first-order valence-corrected chi connectivity index (χ1v) is 12.3. The van der Waals surface area contributed by atoms with Crippen molar-refractivity contribution < 1.29 is 14.3 Å². The van der Waals surface area contributed by atoms with Gasteiger partial charge in [-0.05, 0) is 68.8 Å². The van der Waals surface area contributed by atoms with Gasteiger partial charge in [0, 0.05) is 6.54 Å². The Kier molecular flexibility index (Phi) is 8.00. The van der Waals surface area contributed by atoms with Gasteiger partial charge < -0.3 is 14.4 Å². The molecule has 0 fully saturated rings. The smallest absolute Gasteiger partial charge is 0.266 e. The van der Waals surface area contributed by atoms with Crippen molar-refractivity contribution in [1.29, 1.82) is 0 Å². The lowest BCUT2D eigenvalue weighted by molar-refractivity contribution is -0.135. The van der Waals surface area contributed by atoms with E-state index in [-0.39, 0.29) is 18.1 Å². The van der Waals surface area contributed by atoms with Crippen molar-refractivity contribution in [2.24, 2.45) is 0 Å². The number of aromatic nitrogens is 2. The number of para-hydroxylation sites is 2. The number of ether oxygens (including phenoxy) is 2. The molecule has 3 aromatic carbocycles. The van der Waals surface area contributed by atoms with Gasteiger partial charge in [0.15, 0.2) is 6.61 Å². The summed E-state index contributed by atoms with van der Waals surface area (Å²) in [5.41, 5.74) is 1.07. The maximum Gasteiger partial charge on any atom is 0.266 e. The fourth-order valence-electron chi connectivity index (χ4n) is 4.20. The van der Waals surface area contributed by atoms with Crippen LogP contribution in [0.4, 0.5) is 0 Å². The first-order chi connectivity index (χ1) is 17.5. The van der Waals surface area contributed by atoms with Gasteiger partial charge in [-0.3, -0.25) is 14.2 Å². The fourth-order valence-corrected chi connectivity index (χ4v) is 4.20. The Bertz CT molecular complexity index is 1370. The molecule has 0 spiro atoms. The summed E-state index contributed by atoms with van der Waals surface area (Å²) in [6.07, 6.45) is 0.752. The van der Waals surface area contributed by atoms with Gasteiger partial charge in [-0.25, -0.2) is 4.98 Å². The maximum atomic E-state index is 13.7. The number of carbonyl (C=O) groups excluding carboxylic acids is 1. The molecule has 36 heavy (non-hydrogen) atoms. The van der Waals surface area contributed by atoms with Crippen molar-refractivity contribution in [3.05, 3.63) is 95.0 Å². The molecule has 0 bridgehead atoms. The standard InChI is InChI=1S/C29H31N3O4/c1-4-19-31(27(33)20-36-23-11-7-6-8-12-23)21(3)28-30-26-14-10-9-13-25(26)29(34)32(28)22-15-17-24(18-16-22)35-5-2/h6-18,21H,4-5,19-20H2,1-3H3. The van der Waals surface area contributed by atoms with Crippen LogP contribution in [0.15, 0.2) is 83.7 Å². The highest BCUT2D eigenvalue weighted by Crippen LogP contribution is 2.24. The van der Waals surface area contributed by atoms with Crippen LogP contribution in [0.2, 0.25) is 0 Å². The highest BCUT2D eigenvalue weighted by molar-refractivity contribution is 5.79. The van der Waals surface area contributed by atoms with E-state index in [1.165, 1.54) is 0 Å². The topological polar surface area (TPSA) is 73.7 Å². The van der Waals surface area contributed by atoms with Crippen molar-refractivity contribution in [3.63, 3.8) is 0 Å². The number of fused-ring (bicyclic) bond motifs is 1. The monoisotopic (exact) mass is 485 g/mol. The molecular weight excluding hydrogens is 454 g/mol. The molecule has 1 atom stereocenters. The summed E-state index contributed by atoms with van der Waals surface area (Å²) in [5.74, 6) is 1.67. The second-order valence-corrected chi connectivity index (χ2v) is 8.42. The van der Waals surface area contributed by atoms with Crippen LogP contribution in [0.3, 0.4) is 0 Å². The minimum absolute atomic E-state index is 0.102. The number of benzene rings is 3. The van der Waals surface area contributed by atoms with Crippen LogP contribution in [-0.2, 0) is 4.79 Å². The van der Waals surface area contributed by atoms with E-state index in [0.29, 0.717) is 41.3 Å². The number of amides is 1. The van der Waals surface area contributed by atoms with Crippen molar-refractivity contribution in [2.45, 2.75) is 33.2 Å². The lowest BCUT2D eigenvalue weighted by atomic mass is 10.1. The zero-order valence-corrected chi connectivity index (χ0v) is 20.9. The molecule has 1 amide bonds. The molecule has 0 aliphatic carbocycles. The molecule has 1 unspecified atom stereocenters. The fraction of sp³-hybridized carbons (Fsp3) is 0.276. The van der Waals surface area contributed by atoms with Crippen LogP contribution in [0.25, 0.3) is 16.6 Å². The predicted octanol–water partition coefficient (Wildman–Crippen LogP) is 5.16. The minimum Gasteiger partial charge on any atom is -0.494 e. The molecule has 0 radical (unpaired) electrons. The Labute approximate surface area is 210 Å². The number of rotatable bonds is 10. The lowest BCUT2D eigenvalue weighted by Gasteiger charge is -2.30. The number of hydrogen-bond acceptors (Lipinski definition) is 5. The Balaban J connectivity index is 1.75. The molecule has 7 heteroatoms. The van der Waals surface area contributed by atoms with Gasteiger partial charge in [0.2, 0.25) is 0 Å². The summed E-state index contributed by atoms with van der Waals surface area (Å²) in [5, 5.41) is 0.517. The molecule has 186 valence electrons. The largest absolute Gasteiger partial charge is 0.494 e. The zero-order valence-electron chi connectivity index (χ0n) is 20.9. The average Bonchev–Trinajstić information content (AvgIpc) is 2.91. The summed E-state index contributed by atoms with van der Waals surface area (Å²) in [7, 11) is 0. The molecule has 0 aliphatic rings. The Morgan fingerprint density at radius 2 is 1.58 bits per heavy atom. The van der Waals surface area contributed by atoms with Crippen molar-refractivity contribution in [2.75, 3.05) is 19.8 Å². The number of hydrogen-bond donors (Lipinski definition) is 0. The van der Waals surface area contributed by atoms with Crippen molar-refractivity contribution >= 4 is 16.8 Å². The van der Waals surface area contributed by atoms with Crippen molar-refractivity contribution in [1.82, 2.24) is 14.5 Å². The Hall–Kier alpha value is -4.13. The van der Waals surface area contributed by atoms with Crippen LogP contribution in [-0.4, -0.2) is 40.1 Å². The first-order valence-electron chi connectivity index (χ1n) is 12.3. The second kappa shape index (κ2) is 11.5. The predicted molar refractivity (Wildman–Crippen MR) is 141 cm³/mol. The lowest BCUT2D eigenvalue weighted by Crippen LogP contribution is -2.40. The Morgan fingerprint density at radius 3 is 2.28 bits per heavy atom. The summed E-state index contributed by atoms with van der Waals surface area (Å²) >= 11 is 0. The SMILES string of the molecule is CCCN(C(=O)COc1ccccc1)C(C)c1nc2ccccc2c(=O)n1-c1ccc(OCC)cc1. The van der Waals surface area contributed by atoms with Crippen LogP contribution in [0.5, 0.6) is 11.5 Å². The van der Waals surface area contributed by atoms with Gasteiger partial charge in [-0.2, -0.15) is 0 Å². The van der Waals surface area contributed by atoms with Crippen molar-refractivity contribution in [3.8, 4) is 17.2 Å². The summed E-state index contributed by atoms with van der Waals surface area (Å²) in [6, 6.07) is 23.4. The van der Waals surface area contributed by atoms with Gasteiger partial charge in [-0.15, -0.1) is 0 Å². The molecule has 1 aromatic heterocycles. The van der Waals surface area contributed by atoms with E-state index in [9.17, 15) is 9.59 Å². The summed E-state index contributed by atoms with van der Waals surface area (Å²) in [6.45, 7) is 6.79. The third kappa shape index (κ3) is 5.40. The molecule has 0 aliphatic heterocycles. The minimum atomic E-state index is -0.472. The molecule has 1 heterocycles. The molecular formula is C29H31N3O4. The number of nitrogens with zero attached hydrogens (tertiary/aromatic N) is 3. The Morgan fingerprint density at radius 1 is 0.917 bits per heavy atom. The quantitative estimate of drug-likeness (QED) is 0.310. The molecule has 4 aromatic rings. The van der Waals surface area contributed by atoms with Crippen LogP contribution < -0.4 is 15.0 Å². The van der Waals surface area contributed by atoms with E-state index in [2.05, 4.69) is 0 Å². The normalized spacial score (nSPS) is 11.8. The van der Waals surface area contributed by atoms with Crippen LogP contribution in [0.1, 0.15) is 39.1 Å². The average molecular weight is 486 g/mol. The zero-order chi connectivity index (χ0) is 25.5. The highest BCUT2D eigenvalue weighted by Gasteiger charge is 2.26. The van der Waals surface area contributed by atoms with Gasteiger partial charge >= 0.3 is 0 Å². The van der Waals surface area contributed by atoms with E-state index < -0.39 is 6.04 Å². The third-order valence-corrected chi connectivity index (χ3v) is 5.94. The van der Waals surface area contributed by atoms with E-state index in [1.54, 1.807) is 15.5 Å². The molecule has 4 rings (SSSR count). The van der Waals surface area contributed by atoms with Gasteiger partial charge in [0.1, 0.15) is 17.3 Å². The first kappa shape index (κ1) is 25.0. The van der Waals surface area contributed by atoms with Crippen LogP contribution >= 0.6 is 0 Å². The van der Waals surface area contributed by atoms with E-state index >= 15 is 0 Å². The molecule has 0 N–H and O–H groups in total. The van der Waals surface area contributed by atoms with E-state index in [0.717, 1.165) is 12.2 Å².